The monoisotopic (exact) mass is 433 g/mol. The molecule has 2 heterocycles. The largest absolute Gasteiger partial charge is 0.376 e. The van der Waals surface area contributed by atoms with Crippen molar-refractivity contribution in [2.24, 2.45) is 0 Å². The lowest BCUT2D eigenvalue weighted by atomic mass is 9.88. The first-order valence-electron chi connectivity index (χ1n) is 11.0. The highest BCUT2D eigenvalue weighted by atomic mass is 16.5. The van der Waals surface area contributed by atoms with Gasteiger partial charge < -0.3 is 15.0 Å². The number of H-pyrrole nitrogens is 1. The van der Waals surface area contributed by atoms with Crippen LogP contribution in [-0.2, 0) is 11.3 Å². The van der Waals surface area contributed by atoms with E-state index in [9.17, 15) is 14.4 Å². The van der Waals surface area contributed by atoms with E-state index in [2.05, 4.69) is 34.6 Å². The van der Waals surface area contributed by atoms with Crippen LogP contribution in [0.4, 0.5) is 0 Å². The van der Waals surface area contributed by atoms with E-state index in [1.54, 1.807) is 0 Å². The van der Waals surface area contributed by atoms with Crippen LogP contribution in [0.1, 0.15) is 46.7 Å². The van der Waals surface area contributed by atoms with Crippen LogP contribution in [-0.4, -0.2) is 34.7 Å². The summed E-state index contributed by atoms with van der Waals surface area (Å²) in [5, 5.41) is 2.84. The Bertz CT molecular complexity index is 1110. The third-order valence-electron chi connectivity index (χ3n) is 5.84. The third kappa shape index (κ3) is 5.06. The zero-order chi connectivity index (χ0) is 22.3. The fourth-order valence-corrected chi connectivity index (χ4v) is 4.15. The number of carbonyl (C=O) groups excluding carboxylic acids is 1. The van der Waals surface area contributed by atoms with Crippen molar-refractivity contribution in [1.82, 2.24) is 14.9 Å². The van der Waals surface area contributed by atoms with Gasteiger partial charge in [0.05, 0.1) is 12.6 Å². The van der Waals surface area contributed by atoms with Crippen LogP contribution in [0.3, 0.4) is 0 Å². The van der Waals surface area contributed by atoms with Gasteiger partial charge in [0, 0.05) is 25.3 Å². The van der Waals surface area contributed by atoms with E-state index in [1.165, 1.54) is 6.20 Å². The highest BCUT2D eigenvalue weighted by molar-refractivity contribution is 5.93. The Morgan fingerprint density at radius 3 is 2.31 bits per heavy atom. The standard InChI is InChI=1S/C25H27N3O4/c29-23(22-16-27-25(31)28(24(22)30)17-20-12-7-15-32-20)26-14-13-21(18-8-3-1-4-9-18)19-10-5-2-6-11-19/h1-6,8-11,16,20-21H,7,12-15,17H2,(H,26,29)(H,27,31). The van der Waals surface area contributed by atoms with E-state index in [1.807, 2.05) is 36.4 Å². The molecule has 2 N–H and O–H groups in total. The first-order chi connectivity index (χ1) is 15.6. The second-order valence-electron chi connectivity index (χ2n) is 7.98. The van der Waals surface area contributed by atoms with Gasteiger partial charge in [0.2, 0.25) is 0 Å². The molecule has 0 radical (unpaired) electrons. The second-order valence-corrected chi connectivity index (χ2v) is 7.98. The summed E-state index contributed by atoms with van der Waals surface area (Å²) < 4.78 is 6.59. The van der Waals surface area contributed by atoms with E-state index in [0.717, 1.165) is 28.5 Å². The number of hydrogen-bond acceptors (Lipinski definition) is 4. The predicted molar refractivity (Wildman–Crippen MR) is 122 cm³/mol. The molecule has 32 heavy (non-hydrogen) atoms. The van der Waals surface area contributed by atoms with Gasteiger partial charge in [-0.05, 0) is 30.4 Å². The van der Waals surface area contributed by atoms with Crippen molar-refractivity contribution < 1.29 is 9.53 Å². The minimum Gasteiger partial charge on any atom is -0.376 e. The Kier molecular flexibility index (Phi) is 6.97. The Morgan fingerprint density at radius 1 is 1.06 bits per heavy atom. The summed E-state index contributed by atoms with van der Waals surface area (Å²) in [5.41, 5.74) is 1.13. The summed E-state index contributed by atoms with van der Waals surface area (Å²) in [4.78, 5) is 40.2. The van der Waals surface area contributed by atoms with Crippen molar-refractivity contribution in [3.8, 4) is 0 Å². The summed E-state index contributed by atoms with van der Waals surface area (Å²) in [6.45, 7) is 1.17. The second kappa shape index (κ2) is 10.2. The fourth-order valence-electron chi connectivity index (χ4n) is 4.15. The number of nitrogens with one attached hydrogen (secondary N) is 2. The van der Waals surface area contributed by atoms with Crippen LogP contribution >= 0.6 is 0 Å². The maximum absolute atomic E-state index is 12.8. The molecule has 1 aliphatic rings. The lowest BCUT2D eigenvalue weighted by Gasteiger charge is -2.18. The number of aromatic amines is 1. The number of nitrogens with zero attached hydrogens (tertiary/aromatic N) is 1. The number of amides is 1. The SMILES string of the molecule is O=C(NCCC(c1ccccc1)c1ccccc1)c1c[nH]c(=O)n(CC2CCCO2)c1=O. The smallest absolute Gasteiger partial charge is 0.328 e. The molecule has 4 rings (SSSR count). The van der Waals surface area contributed by atoms with Crippen LogP contribution in [0.2, 0.25) is 0 Å². The van der Waals surface area contributed by atoms with Crippen LogP contribution in [0.15, 0.2) is 76.4 Å². The van der Waals surface area contributed by atoms with Crippen molar-refractivity contribution in [2.75, 3.05) is 13.2 Å². The first-order valence-corrected chi connectivity index (χ1v) is 11.0. The number of aromatic nitrogens is 2. The molecule has 166 valence electrons. The molecule has 3 aromatic rings. The van der Waals surface area contributed by atoms with Gasteiger partial charge in [-0.15, -0.1) is 0 Å². The van der Waals surface area contributed by atoms with Crippen LogP contribution in [0.5, 0.6) is 0 Å². The Labute approximate surface area is 186 Å². The molecule has 1 saturated heterocycles. The van der Waals surface area contributed by atoms with Crippen LogP contribution in [0, 0.1) is 0 Å². The maximum atomic E-state index is 12.8. The molecule has 0 aliphatic carbocycles. The Balaban J connectivity index is 1.46. The van der Waals surface area contributed by atoms with Gasteiger partial charge >= 0.3 is 5.69 Å². The van der Waals surface area contributed by atoms with Gasteiger partial charge in [0.25, 0.3) is 11.5 Å². The maximum Gasteiger partial charge on any atom is 0.328 e. The molecule has 7 nitrogen and oxygen atoms in total. The molecule has 0 saturated carbocycles. The van der Waals surface area contributed by atoms with E-state index in [4.69, 9.17) is 4.74 Å². The molecule has 7 heteroatoms. The minimum atomic E-state index is -0.593. The molecular weight excluding hydrogens is 406 g/mol. The zero-order valence-electron chi connectivity index (χ0n) is 17.8. The molecule has 2 aromatic carbocycles. The summed E-state index contributed by atoms with van der Waals surface area (Å²) in [6.07, 6.45) is 3.39. The fraction of sp³-hybridized carbons (Fsp3) is 0.320. The van der Waals surface area contributed by atoms with E-state index >= 15 is 0 Å². The van der Waals surface area contributed by atoms with Gasteiger partial charge in [-0.25, -0.2) is 4.79 Å². The quantitative estimate of drug-likeness (QED) is 0.571. The molecule has 1 unspecified atom stereocenters. The van der Waals surface area contributed by atoms with Crippen molar-refractivity contribution in [3.05, 3.63) is 104 Å². The summed E-state index contributed by atoms with van der Waals surface area (Å²) in [5.74, 6) is -0.378. The summed E-state index contributed by atoms with van der Waals surface area (Å²) in [6, 6.07) is 20.3. The van der Waals surface area contributed by atoms with Gasteiger partial charge in [0.15, 0.2) is 0 Å². The summed E-state index contributed by atoms with van der Waals surface area (Å²) >= 11 is 0. The molecule has 1 fully saturated rings. The Morgan fingerprint density at radius 2 is 1.72 bits per heavy atom. The van der Waals surface area contributed by atoms with Gasteiger partial charge in [0.1, 0.15) is 5.56 Å². The van der Waals surface area contributed by atoms with Gasteiger partial charge in [-0.2, -0.15) is 0 Å². The predicted octanol–water partition coefficient (Wildman–Crippen LogP) is 2.67. The van der Waals surface area contributed by atoms with Crippen molar-refractivity contribution in [3.63, 3.8) is 0 Å². The molecule has 1 amide bonds. The first kappa shape index (κ1) is 21.8. The normalized spacial score (nSPS) is 15.7. The molecule has 1 aromatic heterocycles. The molecular formula is C25H27N3O4. The average molecular weight is 434 g/mol. The summed E-state index contributed by atoms with van der Waals surface area (Å²) in [7, 11) is 0. The lowest BCUT2D eigenvalue weighted by Crippen LogP contribution is -2.42. The van der Waals surface area contributed by atoms with Crippen molar-refractivity contribution >= 4 is 5.91 Å². The van der Waals surface area contributed by atoms with E-state index in [-0.39, 0.29) is 24.1 Å². The van der Waals surface area contributed by atoms with Gasteiger partial charge in [-0.1, -0.05) is 60.7 Å². The number of hydrogen-bond donors (Lipinski definition) is 2. The highest BCUT2D eigenvalue weighted by Gasteiger charge is 2.21. The van der Waals surface area contributed by atoms with E-state index in [0.29, 0.717) is 19.6 Å². The topological polar surface area (TPSA) is 93.2 Å². The van der Waals surface area contributed by atoms with Crippen molar-refractivity contribution in [1.29, 1.82) is 0 Å². The van der Waals surface area contributed by atoms with E-state index < -0.39 is 17.2 Å². The minimum absolute atomic E-state index is 0.0708. The molecule has 0 spiro atoms. The highest BCUT2D eigenvalue weighted by Crippen LogP contribution is 2.27. The number of benzene rings is 2. The number of rotatable bonds is 8. The number of ether oxygens (including phenoxy) is 1. The average Bonchev–Trinajstić information content (AvgIpc) is 3.34. The van der Waals surface area contributed by atoms with Crippen LogP contribution in [0.25, 0.3) is 0 Å². The molecule has 1 atom stereocenters. The third-order valence-corrected chi connectivity index (χ3v) is 5.84. The lowest BCUT2D eigenvalue weighted by molar-refractivity contribution is 0.0922. The number of carbonyl (C=O) groups is 1. The Hall–Kier alpha value is -3.45. The van der Waals surface area contributed by atoms with Gasteiger partial charge in [-0.3, -0.25) is 14.2 Å². The molecule has 1 aliphatic heterocycles. The van der Waals surface area contributed by atoms with Crippen molar-refractivity contribution in [2.45, 2.75) is 37.8 Å². The van der Waals surface area contributed by atoms with Crippen LogP contribution < -0.4 is 16.6 Å². The molecule has 0 bridgehead atoms. The zero-order valence-corrected chi connectivity index (χ0v) is 17.8.